The van der Waals surface area contributed by atoms with E-state index in [1.54, 1.807) is 6.07 Å². The number of ether oxygens (including phenoxy) is 1. The molecule has 7 heteroatoms. The smallest absolute Gasteiger partial charge is 0.334 e. The number of rotatable bonds is 2. The van der Waals surface area contributed by atoms with Gasteiger partial charge in [0.15, 0.2) is 6.10 Å². The maximum atomic E-state index is 13.8. The molecular formula is C12H11BrFNO4. The van der Waals surface area contributed by atoms with Gasteiger partial charge in [-0.05, 0) is 28.1 Å². The van der Waals surface area contributed by atoms with Crippen LogP contribution in [0, 0.1) is 5.82 Å². The number of hydrogen-bond acceptors (Lipinski definition) is 3. The Morgan fingerprint density at radius 3 is 2.89 bits per heavy atom. The number of hydrogen-bond donors (Lipinski definition) is 1. The first-order chi connectivity index (χ1) is 9.00. The van der Waals surface area contributed by atoms with Crippen LogP contribution in [0.2, 0.25) is 0 Å². The van der Waals surface area contributed by atoms with Gasteiger partial charge in [-0.25, -0.2) is 9.18 Å². The van der Waals surface area contributed by atoms with Crippen LogP contribution in [-0.4, -0.2) is 47.7 Å². The summed E-state index contributed by atoms with van der Waals surface area (Å²) in [6.45, 7) is 0.285. The molecule has 1 aromatic rings. The lowest BCUT2D eigenvalue weighted by Crippen LogP contribution is -2.48. The zero-order valence-corrected chi connectivity index (χ0v) is 11.4. The summed E-state index contributed by atoms with van der Waals surface area (Å²) < 4.78 is 19.0. The normalized spacial score (nSPS) is 19.3. The van der Waals surface area contributed by atoms with E-state index >= 15 is 0 Å². The quantitative estimate of drug-likeness (QED) is 0.892. The molecule has 19 heavy (non-hydrogen) atoms. The molecule has 0 bridgehead atoms. The van der Waals surface area contributed by atoms with Crippen LogP contribution < -0.4 is 0 Å². The molecule has 1 amide bonds. The Labute approximate surface area is 117 Å². The maximum absolute atomic E-state index is 13.8. The monoisotopic (exact) mass is 331 g/mol. The van der Waals surface area contributed by atoms with Crippen LogP contribution in [0.1, 0.15) is 10.4 Å². The van der Waals surface area contributed by atoms with Crippen molar-refractivity contribution in [2.75, 3.05) is 19.7 Å². The van der Waals surface area contributed by atoms with Crippen molar-refractivity contribution in [2.45, 2.75) is 6.10 Å². The fourth-order valence-corrected chi connectivity index (χ4v) is 2.19. The SMILES string of the molecule is O=C(O)C1CN(C(=O)c2cccc(Br)c2F)CCO1. The molecule has 0 aliphatic carbocycles. The van der Waals surface area contributed by atoms with Gasteiger partial charge in [0.1, 0.15) is 5.82 Å². The first-order valence-electron chi connectivity index (χ1n) is 5.58. The van der Waals surface area contributed by atoms with Gasteiger partial charge in [0.05, 0.1) is 23.2 Å². The predicted octanol–water partition coefficient (Wildman–Crippen LogP) is 1.51. The summed E-state index contributed by atoms with van der Waals surface area (Å²) in [5.74, 6) is -2.31. The first kappa shape index (κ1) is 14.0. The summed E-state index contributed by atoms with van der Waals surface area (Å²) in [6, 6.07) is 4.41. The zero-order chi connectivity index (χ0) is 14.0. The molecule has 102 valence electrons. The van der Waals surface area contributed by atoms with Crippen LogP contribution in [0.4, 0.5) is 4.39 Å². The van der Waals surface area contributed by atoms with Crippen molar-refractivity contribution >= 4 is 27.8 Å². The molecule has 1 fully saturated rings. The number of amides is 1. The highest BCUT2D eigenvalue weighted by Gasteiger charge is 2.30. The summed E-state index contributed by atoms with van der Waals surface area (Å²) in [5.41, 5.74) is -0.0830. The van der Waals surface area contributed by atoms with Gasteiger partial charge in [-0.1, -0.05) is 6.07 Å². The summed E-state index contributed by atoms with van der Waals surface area (Å²) in [4.78, 5) is 24.3. The Balaban J connectivity index is 2.19. The number of carbonyl (C=O) groups excluding carboxylic acids is 1. The largest absolute Gasteiger partial charge is 0.479 e. The molecule has 1 aliphatic heterocycles. The van der Waals surface area contributed by atoms with E-state index in [1.807, 2.05) is 0 Å². The van der Waals surface area contributed by atoms with Gasteiger partial charge in [0.2, 0.25) is 0 Å². The van der Waals surface area contributed by atoms with Crippen LogP contribution in [0.5, 0.6) is 0 Å². The maximum Gasteiger partial charge on any atom is 0.334 e. The Kier molecular flexibility index (Phi) is 4.16. The molecule has 1 saturated heterocycles. The number of benzene rings is 1. The van der Waals surface area contributed by atoms with Gasteiger partial charge in [0.25, 0.3) is 5.91 Å². The van der Waals surface area contributed by atoms with E-state index in [9.17, 15) is 14.0 Å². The van der Waals surface area contributed by atoms with Crippen molar-refractivity contribution in [2.24, 2.45) is 0 Å². The van der Waals surface area contributed by atoms with Crippen LogP contribution in [0.15, 0.2) is 22.7 Å². The average molecular weight is 332 g/mol. The average Bonchev–Trinajstić information content (AvgIpc) is 2.41. The first-order valence-corrected chi connectivity index (χ1v) is 6.37. The van der Waals surface area contributed by atoms with Crippen LogP contribution in [0.25, 0.3) is 0 Å². The van der Waals surface area contributed by atoms with E-state index < -0.39 is 23.8 Å². The van der Waals surface area contributed by atoms with Crippen molar-refractivity contribution in [3.05, 3.63) is 34.1 Å². The number of aliphatic carboxylic acids is 1. The third-order valence-electron chi connectivity index (χ3n) is 2.81. The molecule has 1 aromatic carbocycles. The lowest BCUT2D eigenvalue weighted by molar-refractivity contribution is -0.154. The Morgan fingerprint density at radius 2 is 2.21 bits per heavy atom. The van der Waals surface area contributed by atoms with Crippen molar-refractivity contribution in [3.8, 4) is 0 Å². The summed E-state index contributed by atoms with van der Waals surface area (Å²) >= 11 is 3.01. The predicted molar refractivity (Wildman–Crippen MR) is 67.4 cm³/mol. The van der Waals surface area contributed by atoms with Crippen molar-refractivity contribution in [1.29, 1.82) is 0 Å². The number of morpholine rings is 1. The second kappa shape index (κ2) is 5.66. The Morgan fingerprint density at radius 1 is 1.47 bits per heavy atom. The van der Waals surface area contributed by atoms with Crippen molar-refractivity contribution in [3.63, 3.8) is 0 Å². The molecule has 2 rings (SSSR count). The highest BCUT2D eigenvalue weighted by atomic mass is 79.9. The van der Waals surface area contributed by atoms with Gasteiger partial charge < -0.3 is 14.7 Å². The fourth-order valence-electron chi connectivity index (χ4n) is 1.82. The molecule has 0 spiro atoms. The minimum Gasteiger partial charge on any atom is -0.479 e. The second-order valence-corrected chi connectivity index (χ2v) is 4.90. The number of halogens is 2. The standard InChI is InChI=1S/C12H11BrFNO4/c13-8-3-1-2-7(10(8)14)11(16)15-4-5-19-9(6-15)12(17)18/h1-3,9H,4-6H2,(H,17,18). The van der Waals surface area contributed by atoms with E-state index in [4.69, 9.17) is 9.84 Å². The fraction of sp³-hybridized carbons (Fsp3) is 0.333. The van der Waals surface area contributed by atoms with Gasteiger partial charge >= 0.3 is 5.97 Å². The van der Waals surface area contributed by atoms with E-state index in [0.29, 0.717) is 0 Å². The molecule has 1 heterocycles. The zero-order valence-electron chi connectivity index (χ0n) is 9.81. The van der Waals surface area contributed by atoms with Crippen molar-refractivity contribution < 1.29 is 23.8 Å². The minimum absolute atomic E-state index is 0.0830. The van der Waals surface area contributed by atoms with Crippen molar-refractivity contribution in [1.82, 2.24) is 4.90 Å². The summed E-state index contributed by atoms with van der Waals surface area (Å²) in [6.07, 6.45) is -1.06. The van der Waals surface area contributed by atoms with E-state index in [2.05, 4.69) is 15.9 Å². The molecule has 0 radical (unpaired) electrons. The van der Waals surface area contributed by atoms with Crippen LogP contribution in [0.3, 0.4) is 0 Å². The van der Waals surface area contributed by atoms with Gasteiger partial charge in [-0.15, -0.1) is 0 Å². The van der Waals surface area contributed by atoms with Crippen LogP contribution >= 0.6 is 15.9 Å². The number of carboxylic acids is 1. The molecule has 0 aromatic heterocycles. The van der Waals surface area contributed by atoms with Gasteiger partial charge in [-0.3, -0.25) is 4.79 Å². The number of carbonyl (C=O) groups is 2. The number of nitrogens with zero attached hydrogens (tertiary/aromatic N) is 1. The minimum atomic E-state index is -1.13. The third kappa shape index (κ3) is 2.93. The Hall–Kier alpha value is -1.47. The molecular weight excluding hydrogens is 321 g/mol. The highest BCUT2D eigenvalue weighted by Crippen LogP contribution is 2.20. The Bertz CT molecular complexity index is 522. The molecule has 1 aliphatic rings. The summed E-state index contributed by atoms with van der Waals surface area (Å²) in [5, 5.41) is 8.86. The van der Waals surface area contributed by atoms with E-state index in [-0.39, 0.29) is 29.7 Å². The molecule has 1 N–H and O–H groups in total. The third-order valence-corrected chi connectivity index (χ3v) is 3.42. The second-order valence-electron chi connectivity index (χ2n) is 4.05. The van der Waals surface area contributed by atoms with Gasteiger partial charge in [0, 0.05) is 6.54 Å². The molecule has 0 saturated carbocycles. The van der Waals surface area contributed by atoms with Gasteiger partial charge in [-0.2, -0.15) is 0 Å². The topological polar surface area (TPSA) is 66.8 Å². The lowest BCUT2D eigenvalue weighted by atomic mass is 10.1. The lowest BCUT2D eigenvalue weighted by Gasteiger charge is -2.31. The van der Waals surface area contributed by atoms with Crippen LogP contribution in [-0.2, 0) is 9.53 Å². The molecule has 1 unspecified atom stereocenters. The number of carboxylic acid groups (broad SMARTS) is 1. The molecule has 5 nitrogen and oxygen atoms in total. The highest BCUT2D eigenvalue weighted by molar-refractivity contribution is 9.10. The van der Waals surface area contributed by atoms with E-state index in [0.717, 1.165) is 0 Å². The molecule has 1 atom stereocenters. The van der Waals surface area contributed by atoms with E-state index in [1.165, 1.54) is 17.0 Å². The summed E-state index contributed by atoms with van der Waals surface area (Å²) in [7, 11) is 0.